The third-order valence-corrected chi connectivity index (χ3v) is 3.95. The topological polar surface area (TPSA) is 78.3 Å². The normalized spacial score (nSPS) is 11.5. The fraction of sp³-hybridized carbons (Fsp3) is 0.316. The molecule has 1 aromatic carbocycles. The monoisotopic (exact) mass is 408 g/mol. The molecule has 0 radical (unpaired) electrons. The zero-order chi connectivity index (χ0) is 21.2. The third-order valence-electron chi connectivity index (χ3n) is 3.95. The van der Waals surface area contributed by atoms with Crippen LogP contribution >= 0.6 is 0 Å². The lowest BCUT2D eigenvalue weighted by atomic mass is 10.2. The van der Waals surface area contributed by atoms with Crippen molar-refractivity contribution in [3.05, 3.63) is 41.6 Å². The van der Waals surface area contributed by atoms with Crippen LogP contribution in [0, 0.1) is 13.8 Å². The summed E-state index contributed by atoms with van der Waals surface area (Å²) in [4.78, 5) is 16.6. The predicted molar refractivity (Wildman–Crippen MR) is 100 cm³/mol. The van der Waals surface area contributed by atoms with Crippen molar-refractivity contribution in [1.82, 2.24) is 14.8 Å². The van der Waals surface area contributed by atoms with Gasteiger partial charge in [0.15, 0.2) is 18.9 Å². The van der Waals surface area contributed by atoms with E-state index in [0.717, 1.165) is 11.3 Å². The number of ether oxygens (including phenoxy) is 2. The van der Waals surface area contributed by atoms with Crippen LogP contribution < -0.4 is 14.8 Å². The van der Waals surface area contributed by atoms with Crippen LogP contribution in [0.1, 0.15) is 11.3 Å². The molecule has 10 heteroatoms. The van der Waals surface area contributed by atoms with Crippen molar-refractivity contribution in [1.29, 1.82) is 0 Å². The van der Waals surface area contributed by atoms with Crippen LogP contribution in [-0.2, 0) is 11.8 Å². The van der Waals surface area contributed by atoms with Crippen LogP contribution in [0.15, 0.2) is 30.3 Å². The summed E-state index contributed by atoms with van der Waals surface area (Å²) in [5, 5.41) is 7.53. The fourth-order valence-corrected chi connectivity index (χ4v) is 2.81. The van der Waals surface area contributed by atoms with E-state index in [2.05, 4.69) is 20.1 Å². The SMILES string of the molecule is Cc1cc(C)c2c(OCC(=O)Nc3cccc(OCC(F)(F)F)c3)nn(C)c2n1. The van der Waals surface area contributed by atoms with Gasteiger partial charge in [-0.3, -0.25) is 4.79 Å². The number of hydrogen-bond donors (Lipinski definition) is 1. The summed E-state index contributed by atoms with van der Waals surface area (Å²) in [5.74, 6) is -0.215. The Morgan fingerprint density at radius 1 is 1.21 bits per heavy atom. The summed E-state index contributed by atoms with van der Waals surface area (Å²) in [6, 6.07) is 7.58. The van der Waals surface area contributed by atoms with Crippen molar-refractivity contribution in [2.75, 3.05) is 18.5 Å². The lowest BCUT2D eigenvalue weighted by Gasteiger charge is -2.11. The molecule has 3 rings (SSSR count). The molecule has 0 unspecified atom stereocenters. The standard InChI is InChI=1S/C19H19F3N4O3/c1-11-7-12(2)23-17-16(11)18(25-26(17)3)28-9-15(27)24-13-5-4-6-14(8-13)29-10-19(20,21)22/h4-8H,9-10H2,1-3H3,(H,24,27). The Morgan fingerprint density at radius 3 is 2.69 bits per heavy atom. The minimum absolute atomic E-state index is 0.00571. The molecule has 2 aromatic heterocycles. The van der Waals surface area contributed by atoms with Crippen molar-refractivity contribution >= 4 is 22.6 Å². The zero-order valence-electron chi connectivity index (χ0n) is 16.0. The van der Waals surface area contributed by atoms with Gasteiger partial charge in [-0.05, 0) is 37.6 Å². The van der Waals surface area contributed by atoms with Crippen LogP contribution in [0.25, 0.3) is 11.0 Å². The van der Waals surface area contributed by atoms with Gasteiger partial charge in [0, 0.05) is 24.5 Å². The van der Waals surface area contributed by atoms with Gasteiger partial charge in [-0.25, -0.2) is 9.67 Å². The molecular formula is C19H19F3N4O3. The van der Waals surface area contributed by atoms with E-state index in [9.17, 15) is 18.0 Å². The molecule has 0 saturated carbocycles. The van der Waals surface area contributed by atoms with E-state index < -0.39 is 18.7 Å². The number of carbonyl (C=O) groups excluding carboxylic acids is 1. The molecule has 2 heterocycles. The minimum atomic E-state index is -4.44. The van der Waals surface area contributed by atoms with Crippen LogP contribution in [0.2, 0.25) is 0 Å². The number of benzene rings is 1. The van der Waals surface area contributed by atoms with Crippen LogP contribution in [0.4, 0.5) is 18.9 Å². The molecule has 7 nitrogen and oxygen atoms in total. The highest BCUT2D eigenvalue weighted by Crippen LogP contribution is 2.27. The average Bonchev–Trinajstić information content (AvgIpc) is 2.94. The number of halogens is 3. The van der Waals surface area contributed by atoms with Gasteiger partial charge in [-0.1, -0.05) is 6.07 Å². The van der Waals surface area contributed by atoms with E-state index >= 15 is 0 Å². The third kappa shape index (κ3) is 5.15. The van der Waals surface area contributed by atoms with Crippen molar-refractivity contribution in [3.8, 4) is 11.6 Å². The summed E-state index contributed by atoms with van der Waals surface area (Å²) in [7, 11) is 1.73. The first kappa shape index (κ1) is 20.4. The maximum absolute atomic E-state index is 12.3. The number of nitrogens with one attached hydrogen (secondary N) is 1. The number of amides is 1. The maximum Gasteiger partial charge on any atom is 0.422 e. The Hall–Kier alpha value is -3.30. The van der Waals surface area contributed by atoms with Gasteiger partial charge >= 0.3 is 6.18 Å². The highest BCUT2D eigenvalue weighted by Gasteiger charge is 2.28. The largest absolute Gasteiger partial charge is 0.484 e. The molecule has 0 aliphatic carbocycles. The first-order valence-corrected chi connectivity index (χ1v) is 8.65. The summed E-state index contributed by atoms with van der Waals surface area (Å²) >= 11 is 0. The summed E-state index contributed by atoms with van der Waals surface area (Å²) in [6.07, 6.45) is -4.44. The quantitative estimate of drug-likeness (QED) is 0.675. The molecule has 0 bridgehead atoms. The molecule has 0 atom stereocenters. The molecule has 1 N–H and O–H groups in total. The van der Waals surface area contributed by atoms with E-state index in [-0.39, 0.29) is 23.9 Å². The lowest BCUT2D eigenvalue weighted by Crippen LogP contribution is -2.21. The molecule has 1 amide bonds. The Morgan fingerprint density at radius 2 is 1.97 bits per heavy atom. The highest BCUT2D eigenvalue weighted by molar-refractivity contribution is 5.92. The van der Waals surface area contributed by atoms with Gasteiger partial charge in [0.2, 0.25) is 5.88 Å². The second-order valence-electron chi connectivity index (χ2n) is 6.48. The second kappa shape index (κ2) is 7.98. The van der Waals surface area contributed by atoms with Gasteiger partial charge in [0.1, 0.15) is 5.75 Å². The molecule has 29 heavy (non-hydrogen) atoms. The fourth-order valence-electron chi connectivity index (χ4n) is 2.81. The molecule has 0 aliphatic heterocycles. The molecular weight excluding hydrogens is 389 g/mol. The molecule has 0 aliphatic rings. The van der Waals surface area contributed by atoms with Gasteiger partial charge in [-0.15, -0.1) is 5.10 Å². The van der Waals surface area contributed by atoms with E-state index in [1.807, 2.05) is 19.9 Å². The first-order chi connectivity index (χ1) is 13.6. The van der Waals surface area contributed by atoms with Crippen LogP contribution in [0.5, 0.6) is 11.6 Å². The number of aromatic nitrogens is 3. The van der Waals surface area contributed by atoms with Crippen molar-refractivity contribution in [2.24, 2.45) is 7.05 Å². The van der Waals surface area contributed by atoms with Crippen molar-refractivity contribution < 1.29 is 27.4 Å². The summed E-state index contributed by atoms with van der Waals surface area (Å²) < 4.78 is 48.6. The number of carbonyl (C=O) groups is 1. The Labute approximate surface area is 164 Å². The van der Waals surface area contributed by atoms with Gasteiger partial charge < -0.3 is 14.8 Å². The molecule has 0 saturated heterocycles. The van der Waals surface area contributed by atoms with Crippen LogP contribution in [0.3, 0.4) is 0 Å². The summed E-state index contributed by atoms with van der Waals surface area (Å²) in [6.45, 7) is 2.04. The predicted octanol–water partition coefficient (Wildman–Crippen LogP) is 3.54. The van der Waals surface area contributed by atoms with E-state index in [1.54, 1.807) is 11.7 Å². The number of aryl methyl sites for hydroxylation is 3. The summed E-state index contributed by atoms with van der Waals surface area (Å²) in [5.41, 5.74) is 2.70. The molecule has 0 fully saturated rings. The van der Waals surface area contributed by atoms with Gasteiger partial charge in [0.05, 0.1) is 5.39 Å². The molecule has 0 spiro atoms. The Kier molecular flexibility index (Phi) is 5.62. The minimum Gasteiger partial charge on any atom is -0.484 e. The molecule has 154 valence electrons. The number of anilines is 1. The number of rotatable bonds is 6. The van der Waals surface area contributed by atoms with Gasteiger partial charge in [0.25, 0.3) is 5.91 Å². The highest BCUT2D eigenvalue weighted by atomic mass is 19.4. The van der Waals surface area contributed by atoms with E-state index in [1.165, 1.54) is 24.3 Å². The second-order valence-corrected chi connectivity index (χ2v) is 6.48. The number of fused-ring (bicyclic) bond motifs is 1. The number of pyridine rings is 1. The first-order valence-electron chi connectivity index (χ1n) is 8.65. The smallest absolute Gasteiger partial charge is 0.422 e. The number of nitrogens with zero attached hydrogens (tertiary/aromatic N) is 3. The van der Waals surface area contributed by atoms with E-state index in [4.69, 9.17) is 4.74 Å². The van der Waals surface area contributed by atoms with E-state index in [0.29, 0.717) is 11.0 Å². The Bertz CT molecular complexity index is 1050. The zero-order valence-corrected chi connectivity index (χ0v) is 16.0. The lowest BCUT2D eigenvalue weighted by molar-refractivity contribution is -0.153. The average molecular weight is 408 g/mol. The van der Waals surface area contributed by atoms with Crippen molar-refractivity contribution in [2.45, 2.75) is 20.0 Å². The van der Waals surface area contributed by atoms with Crippen molar-refractivity contribution in [3.63, 3.8) is 0 Å². The number of alkyl halides is 3. The Balaban J connectivity index is 1.64. The van der Waals surface area contributed by atoms with Crippen LogP contribution in [-0.4, -0.2) is 40.1 Å². The number of hydrogen-bond acceptors (Lipinski definition) is 5. The molecule has 3 aromatic rings. The maximum atomic E-state index is 12.3. The van der Waals surface area contributed by atoms with Gasteiger partial charge in [-0.2, -0.15) is 13.2 Å².